The fraction of sp³-hybridized carbons (Fsp3) is 0.294. The molecule has 4 heteroatoms. The van der Waals surface area contributed by atoms with Crippen molar-refractivity contribution in [1.82, 2.24) is 5.32 Å². The van der Waals surface area contributed by atoms with E-state index in [2.05, 4.69) is 35.1 Å². The van der Waals surface area contributed by atoms with Crippen molar-refractivity contribution in [2.24, 2.45) is 5.92 Å². The molecule has 2 aromatic carbocycles. The SMILES string of the molecule is CC(C)CNCc1ccc(Oc2ccc(F)cc2Br)cc1. The van der Waals surface area contributed by atoms with E-state index in [-0.39, 0.29) is 5.82 Å². The van der Waals surface area contributed by atoms with Gasteiger partial charge in [0.05, 0.1) is 4.47 Å². The third-order valence-corrected chi connectivity index (χ3v) is 3.55. The lowest BCUT2D eigenvalue weighted by molar-refractivity contribution is 0.477. The van der Waals surface area contributed by atoms with Crippen LogP contribution < -0.4 is 10.1 Å². The first-order valence-electron chi connectivity index (χ1n) is 6.97. The van der Waals surface area contributed by atoms with Gasteiger partial charge in [0.25, 0.3) is 0 Å². The van der Waals surface area contributed by atoms with E-state index in [9.17, 15) is 4.39 Å². The maximum atomic E-state index is 13.0. The lowest BCUT2D eigenvalue weighted by Crippen LogP contribution is -2.18. The van der Waals surface area contributed by atoms with Crippen LogP contribution in [0, 0.1) is 11.7 Å². The van der Waals surface area contributed by atoms with Crippen molar-refractivity contribution >= 4 is 15.9 Å². The van der Waals surface area contributed by atoms with Gasteiger partial charge in [-0.1, -0.05) is 26.0 Å². The van der Waals surface area contributed by atoms with Crippen molar-refractivity contribution < 1.29 is 9.13 Å². The first kappa shape index (κ1) is 16.0. The predicted molar refractivity (Wildman–Crippen MR) is 87.2 cm³/mol. The smallest absolute Gasteiger partial charge is 0.141 e. The molecular formula is C17H19BrFNO. The third-order valence-electron chi connectivity index (χ3n) is 2.93. The standard InChI is InChI=1S/C17H19BrFNO/c1-12(2)10-20-11-13-3-6-15(7-4-13)21-17-8-5-14(19)9-16(17)18/h3-9,12,20H,10-11H2,1-2H3. The first-order valence-corrected chi connectivity index (χ1v) is 7.76. The van der Waals surface area contributed by atoms with Gasteiger partial charge in [-0.25, -0.2) is 4.39 Å². The fourth-order valence-corrected chi connectivity index (χ4v) is 2.30. The molecule has 112 valence electrons. The second-order valence-electron chi connectivity index (χ2n) is 5.35. The van der Waals surface area contributed by atoms with Crippen molar-refractivity contribution in [1.29, 1.82) is 0 Å². The molecule has 0 saturated carbocycles. The van der Waals surface area contributed by atoms with E-state index in [1.54, 1.807) is 6.07 Å². The molecule has 0 aliphatic rings. The summed E-state index contributed by atoms with van der Waals surface area (Å²) >= 11 is 3.29. The third kappa shape index (κ3) is 5.14. The van der Waals surface area contributed by atoms with Crippen molar-refractivity contribution in [2.45, 2.75) is 20.4 Å². The summed E-state index contributed by atoms with van der Waals surface area (Å²) in [6, 6.07) is 12.3. The average Bonchev–Trinajstić information content (AvgIpc) is 2.43. The molecule has 0 bridgehead atoms. The Balaban J connectivity index is 1.95. The lowest BCUT2D eigenvalue weighted by Gasteiger charge is -2.10. The Morgan fingerprint density at radius 3 is 2.48 bits per heavy atom. The topological polar surface area (TPSA) is 21.3 Å². The number of benzene rings is 2. The molecule has 0 atom stereocenters. The number of hydrogen-bond donors (Lipinski definition) is 1. The van der Waals surface area contributed by atoms with Gasteiger partial charge in [-0.05, 0) is 64.3 Å². The maximum Gasteiger partial charge on any atom is 0.141 e. The summed E-state index contributed by atoms with van der Waals surface area (Å²) < 4.78 is 19.4. The Kier molecular flexibility index (Phi) is 5.76. The van der Waals surface area contributed by atoms with Crippen LogP contribution in [0.15, 0.2) is 46.9 Å². The van der Waals surface area contributed by atoms with Gasteiger partial charge >= 0.3 is 0 Å². The van der Waals surface area contributed by atoms with Gasteiger partial charge in [-0.2, -0.15) is 0 Å². The summed E-state index contributed by atoms with van der Waals surface area (Å²) in [5.74, 6) is 1.68. The summed E-state index contributed by atoms with van der Waals surface area (Å²) in [5, 5.41) is 3.40. The molecule has 21 heavy (non-hydrogen) atoms. The molecule has 0 fully saturated rings. The molecule has 0 aliphatic heterocycles. The molecule has 0 amide bonds. The second kappa shape index (κ2) is 7.57. The van der Waals surface area contributed by atoms with Crippen LogP contribution in [-0.4, -0.2) is 6.54 Å². The Labute approximate surface area is 133 Å². The zero-order valence-electron chi connectivity index (χ0n) is 12.2. The molecule has 0 aliphatic carbocycles. The molecule has 0 spiro atoms. The van der Waals surface area contributed by atoms with Crippen LogP contribution in [0.1, 0.15) is 19.4 Å². The Bertz CT molecular complexity index is 584. The second-order valence-corrected chi connectivity index (χ2v) is 6.20. The zero-order valence-corrected chi connectivity index (χ0v) is 13.8. The minimum atomic E-state index is -0.291. The molecule has 0 saturated heterocycles. The molecule has 1 N–H and O–H groups in total. The fourth-order valence-electron chi connectivity index (χ4n) is 1.87. The van der Waals surface area contributed by atoms with Crippen LogP contribution >= 0.6 is 15.9 Å². The Morgan fingerprint density at radius 2 is 1.86 bits per heavy atom. The zero-order chi connectivity index (χ0) is 15.2. The predicted octanol–water partition coefficient (Wildman–Crippen LogP) is 5.13. The van der Waals surface area contributed by atoms with Crippen molar-refractivity contribution in [3.8, 4) is 11.5 Å². The van der Waals surface area contributed by atoms with E-state index < -0.39 is 0 Å². The highest BCUT2D eigenvalue weighted by Gasteiger charge is 2.04. The number of ether oxygens (including phenoxy) is 1. The van der Waals surface area contributed by atoms with Gasteiger partial charge in [0.2, 0.25) is 0 Å². The molecular weight excluding hydrogens is 333 g/mol. The summed E-state index contributed by atoms with van der Waals surface area (Å²) in [6.07, 6.45) is 0. The van der Waals surface area contributed by atoms with E-state index in [4.69, 9.17) is 4.74 Å². The van der Waals surface area contributed by atoms with Crippen molar-refractivity contribution in [3.05, 3.63) is 58.3 Å². The average molecular weight is 352 g/mol. The number of hydrogen-bond acceptors (Lipinski definition) is 2. The van der Waals surface area contributed by atoms with E-state index >= 15 is 0 Å². The summed E-state index contributed by atoms with van der Waals surface area (Å²) in [5.41, 5.74) is 1.21. The first-order chi connectivity index (χ1) is 10.0. The van der Waals surface area contributed by atoms with Crippen molar-refractivity contribution in [3.63, 3.8) is 0 Å². The molecule has 2 rings (SSSR count). The quantitative estimate of drug-likeness (QED) is 0.779. The van der Waals surface area contributed by atoms with Gasteiger partial charge < -0.3 is 10.1 Å². The highest BCUT2D eigenvalue weighted by atomic mass is 79.9. The van der Waals surface area contributed by atoms with Gasteiger partial charge in [-0.15, -0.1) is 0 Å². The summed E-state index contributed by atoms with van der Waals surface area (Å²) in [4.78, 5) is 0. The van der Waals surface area contributed by atoms with Gasteiger partial charge in [-0.3, -0.25) is 0 Å². The minimum Gasteiger partial charge on any atom is -0.456 e. The highest BCUT2D eigenvalue weighted by molar-refractivity contribution is 9.10. The van der Waals surface area contributed by atoms with Crippen LogP contribution in [-0.2, 0) is 6.54 Å². The molecule has 2 aromatic rings. The van der Waals surface area contributed by atoms with E-state index in [1.165, 1.54) is 17.7 Å². The molecule has 0 radical (unpaired) electrons. The van der Waals surface area contributed by atoms with E-state index in [0.717, 1.165) is 18.8 Å². The highest BCUT2D eigenvalue weighted by Crippen LogP contribution is 2.30. The molecule has 0 heterocycles. The number of nitrogens with one attached hydrogen (secondary N) is 1. The summed E-state index contributed by atoms with van der Waals surface area (Å²) in [7, 11) is 0. The number of rotatable bonds is 6. The molecule has 0 unspecified atom stereocenters. The van der Waals surface area contributed by atoms with Crippen LogP contribution in [0.4, 0.5) is 4.39 Å². The Hall–Kier alpha value is -1.39. The summed E-state index contributed by atoms with van der Waals surface area (Å²) in [6.45, 7) is 6.22. The van der Waals surface area contributed by atoms with Gasteiger partial charge in [0.1, 0.15) is 17.3 Å². The lowest BCUT2D eigenvalue weighted by atomic mass is 10.2. The van der Waals surface area contributed by atoms with Gasteiger partial charge in [0, 0.05) is 6.54 Å². The van der Waals surface area contributed by atoms with Crippen LogP contribution in [0.2, 0.25) is 0 Å². The monoisotopic (exact) mass is 351 g/mol. The Morgan fingerprint density at radius 1 is 1.14 bits per heavy atom. The van der Waals surface area contributed by atoms with E-state index in [0.29, 0.717) is 16.1 Å². The van der Waals surface area contributed by atoms with Crippen LogP contribution in [0.5, 0.6) is 11.5 Å². The van der Waals surface area contributed by atoms with Gasteiger partial charge in [0.15, 0.2) is 0 Å². The minimum absolute atomic E-state index is 0.291. The van der Waals surface area contributed by atoms with Crippen molar-refractivity contribution in [2.75, 3.05) is 6.54 Å². The maximum absolute atomic E-state index is 13.0. The number of halogens is 2. The normalized spacial score (nSPS) is 10.9. The largest absolute Gasteiger partial charge is 0.456 e. The van der Waals surface area contributed by atoms with E-state index in [1.807, 2.05) is 24.3 Å². The van der Waals surface area contributed by atoms with Crippen LogP contribution in [0.3, 0.4) is 0 Å². The van der Waals surface area contributed by atoms with Crippen LogP contribution in [0.25, 0.3) is 0 Å². The molecule has 2 nitrogen and oxygen atoms in total. The molecule has 0 aromatic heterocycles.